The van der Waals surface area contributed by atoms with Crippen LogP contribution in [0.5, 0.6) is 0 Å². The fraction of sp³-hybridized carbons (Fsp3) is 0.412. The summed E-state index contributed by atoms with van der Waals surface area (Å²) in [4.78, 5) is 17.3. The summed E-state index contributed by atoms with van der Waals surface area (Å²) in [6, 6.07) is 10.8. The lowest BCUT2D eigenvalue weighted by Gasteiger charge is -2.32. The number of nitrogens with one attached hydrogen (secondary N) is 1. The Bertz CT molecular complexity index is 742. The monoisotopic (exact) mass is 315 g/mol. The van der Waals surface area contributed by atoms with Crippen LogP contribution in [0.2, 0.25) is 0 Å². The molecule has 2 aromatic rings. The Morgan fingerprint density at radius 2 is 1.91 bits per heavy atom. The molecule has 3 rings (SSSR count). The van der Waals surface area contributed by atoms with Gasteiger partial charge in [0.1, 0.15) is 4.64 Å². The van der Waals surface area contributed by atoms with Gasteiger partial charge in [-0.05, 0) is 25.3 Å². The average Bonchev–Trinajstić information content (AvgIpc) is 2.53. The van der Waals surface area contributed by atoms with E-state index in [1.165, 1.54) is 5.56 Å². The van der Waals surface area contributed by atoms with Gasteiger partial charge in [0.25, 0.3) is 0 Å². The van der Waals surface area contributed by atoms with Gasteiger partial charge in [0.15, 0.2) is 0 Å². The average molecular weight is 315 g/mol. The predicted octanol–water partition coefficient (Wildman–Crippen LogP) is 3.05. The number of likely N-dealkylation sites (tertiary alicyclic amines) is 1. The summed E-state index contributed by atoms with van der Waals surface area (Å²) in [5.74, 6) is 0. The topological polar surface area (TPSA) is 41.0 Å². The van der Waals surface area contributed by atoms with Crippen molar-refractivity contribution in [2.24, 2.45) is 0 Å². The Balaban J connectivity index is 1.66. The lowest BCUT2D eigenvalue weighted by molar-refractivity contribution is 0.177. The van der Waals surface area contributed by atoms with Crippen LogP contribution in [0.4, 0.5) is 0 Å². The summed E-state index contributed by atoms with van der Waals surface area (Å²) in [6.45, 7) is 4.96. The minimum atomic E-state index is -0.0860. The Labute approximate surface area is 135 Å². The zero-order valence-electron chi connectivity index (χ0n) is 12.8. The van der Waals surface area contributed by atoms with Gasteiger partial charge < -0.3 is 0 Å². The number of aromatic nitrogens is 2. The molecular formula is C17H21N3OS. The fourth-order valence-corrected chi connectivity index (χ4v) is 3.19. The molecule has 1 aromatic carbocycles. The maximum atomic E-state index is 12.1. The molecule has 0 bridgehead atoms. The molecule has 0 atom stereocenters. The highest BCUT2D eigenvalue weighted by Gasteiger charge is 2.21. The van der Waals surface area contributed by atoms with E-state index >= 15 is 0 Å². The highest BCUT2D eigenvalue weighted by atomic mass is 32.1. The molecule has 1 saturated heterocycles. The molecule has 1 aliphatic rings. The number of rotatable bonds is 3. The van der Waals surface area contributed by atoms with Crippen molar-refractivity contribution in [3.63, 3.8) is 0 Å². The van der Waals surface area contributed by atoms with Gasteiger partial charge in [0.05, 0.1) is 0 Å². The summed E-state index contributed by atoms with van der Waals surface area (Å²) in [5.41, 5.74) is 2.22. The molecular weight excluding hydrogens is 294 g/mol. The SMILES string of the molecule is Cc1cn(C2CCN(Cc3ccccc3)CC2)c(=O)[nH]c1=S. The molecule has 0 spiro atoms. The van der Waals surface area contributed by atoms with E-state index in [0.29, 0.717) is 4.64 Å². The third kappa shape index (κ3) is 3.36. The summed E-state index contributed by atoms with van der Waals surface area (Å²) in [7, 11) is 0. The van der Waals surface area contributed by atoms with E-state index in [9.17, 15) is 4.79 Å². The number of hydrogen-bond donors (Lipinski definition) is 1. The number of H-pyrrole nitrogens is 1. The van der Waals surface area contributed by atoms with Crippen molar-refractivity contribution >= 4 is 12.2 Å². The molecule has 1 fully saturated rings. The Hall–Kier alpha value is -1.72. The van der Waals surface area contributed by atoms with Gasteiger partial charge in [-0.2, -0.15) is 0 Å². The predicted molar refractivity (Wildman–Crippen MR) is 90.6 cm³/mol. The van der Waals surface area contributed by atoms with Crippen LogP contribution >= 0.6 is 12.2 Å². The Kier molecular flexibility index (Phi) is 4.55. The van der Waals surface area contributed by atoms with Crippen LogP contribution in [-0.2, 0) is 6.54 Å². The van der Waals surface area contributed by atoms with Crippen molar-refractivity contribution in [2.75, 3.05) is 13.1 Å². The van der Waals surface area contributed by atoms with Crippen LogP contribution in [0.15, 0.2) is 41.3 Å². The normalized spacial score (nSPS) is 16.8. The first-order valence-electron chi connectivity index (χ1n) is 7.72. The first kappa shape index (κ1) is 15.2. The molecule has 1 aliphatic heterocycles. The number of hydrogen-bond acceptors (Lipinski definition) is 3. The number of nitrogens with zero attached hydrogens (tertiary/aromatic N) is 2. The molecule has 0 aliphatic carbocycles. The van der Waals surface area contributed by atoms with Crippen molar-refractivity contribution in [1.29, 1.82) is 0 Å². The maximum absolute atomic E-state index is 12.1. The van der Waals surface area contributed by atoms with Crippen molar-refractivity contribution < 1.29 is 0 Å². The quantitative estimate of drug-likeness (QED) is 0.885. The molecule has 0 unspecified atom stereocenters. The van der Waals surface area contributed by atoms with Crippen molar-refractivity contribution in [2.45, 2.75) is 32.4 Å². The minimum absolute atomic E-state index is 0.0860. The Morgan fingerprint density at radius 1 is 1.23 bits per heavy atom. The molecule has 0 amide bonds. The van der Waals surface area contributed by atoms with E-state index in [2.05, 4.69) is 34.1 Å². The zero-order chi connectivity index (χ0) is 15.5. The highest BCUT2D eigenvalue weighted by Crippen LogP contribution is 2.22. The van der Waals surface area contributed by atoms with Gasteiger partial charge in [-0.3, -0.25) is 14.5 Å². The van der Waals surface area contributed by atoms with Gasteiger partial charge in [-0.25, -0.2) is 4.79 Å². The van der Waals surface area contributed by atoms with E-state index in [-0.39, 0.29) is 11.7 Å². The molecule has 1 aromatic heterocycles. The third-order valence-electron chi connectivity index (χ3n) is 4.35. The number of aromatic amines is 1. The molecule has 0 saturated carbocycles. The molecule has 1 N–H and O–H groups in total. The smallest absolute Gasteiger partial charge is 0.299 e. The van der Waals surface area contributed by atoms with Gasteiger partial charge in [-0.1, -0.05) is 42.5 Å². The highest BCUT2D eigenvalue weighted by molar-refractivity contribution is 7.71. The second-order valence-corrected chi connectivity index (χ2v) is 6.38. The molecule has 116 valence electrons. The van der Waals surface area contributed by atoms with Gasteiger partial charge in [-0.15, -0.1) is 0 Å². The first-order valence-corrected chi connectivity index (χ1v) is 8.12. The first-order chi connectivity index (χ1) is 10.6. The maximum Gasteiger partial charge on any atom is 0.326 e. The molecule has 5 heteroatoms. The van der Waals surface area contributed by atoms with Crippen LogP contribution in [-0.4, -0.2) is 27.5 Å². The number of piperidine rings is 1. The van der Waals surface area contributed by atoms with Crippen LogP contribution < -0.4 is 5.69 Å². The standard InChI is InChI=1S/C17H21N3OS/c1-13-11-20(17(21)18-16(13)22)15-7-9-19(10-8-15)12-14-5-3-2-4-6-14/h2-6,11,15H,7-10,12H2,1H3,(H,18,21,22). The molecule has 0 radical (unpaired) electrons. The fourth-order valence-electron chi connectivity index (χ4n) is 3.05. The second kappa shape index (κ2) is 6.58. The number of aryl methyl sites for hydroxylation is 1. The Morgan fingerprint density at radius 3 is 2.59 bits per heavy atom. The number of benzene rings is 1. The summed E-state index contributed by atoms with van der Waals surface area (Å²) < 4.78 is 2.37. The summed E-state index contributed by atoms with van der Waals surface area (Å²) in [6.07, 6.45) is 3.90. The van der Waals surface area contributed by atoms with E-state index in [1.807, 2.05) is 23.8 Å². The van der Waals surface area contributed by atoms with Crippen LogP contribution in [0.3, 0.4) is 0 Å². The van der Waals surface area contributed by atoms with Gasteiger partial charge in [0, 0.05) is 37.4 Å². The summed E-state index contributed by atoms with van der Waals surface area (Å²) in [5, 5.41) is 0. The van der Waals surface area contributed by atoms with Crippen molar-refractivity contribution in [1.82, 2.24) is 14.5 Å². The van der Waals surface area contributed by atoms with E-state index in [0.717, 1.165) is 38.0 Å². The zero-order valence-corrected chi connectivity index (χ0v) is 13.6. The lowest BCUT2D eigenvalue weighted by atomic mass is 10.0. The molecule has 2 heterocycles. The van der Waals surface area contributed by atoms with Crippen molar-refractivity contribution in [3.05, 3.63) is 62.8 Å². The minimum Gasteiger partial charge on any atom is -0.299 e. The van der Waals surface area contributed by atoms with Crippen LogP contribution in [0, 0.1) is 11.6 Å². The molecule has 4 nitrogen and oxygen atoms in total. The van der Waals surface area contributed by atoms with Crippen LogP contribution in [0.25, 0.3) is 0 Å². The molecule has 22 heavy (non-hydrogen) atoms. The summed E-state index contributed by atoms with van der Waals surface area (Å²) >= 11 is 5.12. The lowest BCUT2D eigenvalue weighted by Crippen LogP contribution is -2.37. The van der Waals surface area contributed by atoms with E-state index in [1.54, 1.807) is 0 Å². The second-order valence-electron chi connectivity index (χ2n) is 5.97. The van der Waals surface area contributed by atoms with E-state index in [4.69, 9.17) is 12.2 Å². The van der Waals surface area contributed by atoms with Gasteiger partial charge >= 0.3 is 5.69 Å². The van der Waals surface area contributed by atoms with E-state index < -0.39 is 0 Å². The van der Waals surface area contributed by atoms with Crippen molar-refractivity contribution in [3.8, 4) is 0 Å². The van der Waals surface area contributed by atoms with Crippen LogP contribution in [0.1, 0.15) is 30.0 Å². The largest absolute Gasteiger partial charge is 0.326 e. The van der Waals surface area contributed by atoms with Gasteiger partial charge in [0.2, 0.25) is 0 Å². The third-order valence-corrected chi connectivity index (χ3v) is 4.77.